The normalized spacial score (nSPS) is 10.9. The van der Waals surface area contributed by atoms with E-state index in [9.17, 15) is 14.9 Å². The maximum absolute atomic E-state index is 13.4. The molecule has 2 N–H and O–H groups in total. The molecule has 0 aliphatic heterocycles. The van der Waals surface area contributed by atoms with Gasteiger partial charge in [0.15, 0.2) is 0 Å². The number of aromatic amines is 1. The molecule has 0 unspecified atom stereocenters. The van der Waals surface area contributed by atoms with Crippen molar-refractivity contribution in [1.29, 1.82) is 5.26 Å². The second kappa shape index (κ2) is 11.8. The van der Waals surface area contributed by atoms with Gasteiger partial charge in [0, 0.05) is 31.6 Å². The van der Waals surface area contributed by atoms with E-state index >= 15 is 0 Å². The van der Waals surface area contributed by atoms with Gasteiger partial charge in [-0.3, -0.25) is 4.79 Å². The van der Waals surface area contributed by atoms with Gasteiger partial charge in [0.05, 0.1) is 27.9 Å². The topological polar surface area (TPSA) is 107 Å². The Bertz CT molecular complexity index is 1860. The number of hydrogen-bond donors (Lipinski definition) is 2. The third kappa shape index (κ3) is 5.49. The number of nitrogens with one attached hydrogen (secondary N) is 2. The van der Waals surface area contributed by atoms with Crippen LogP contribution in [0.2, 0.25) is 10.0 Å². The molecule has 0 atom stereocenters. The molecule has 10 heteroatoms. The summed E-state index contributed by atoms with van der Waals surface area (Å²) in [6.45, 7) is 0. The summed E-state index contributed by atoms with van der Waals surface area (Å²) in [5.74, 6) is -0.981. The summed E-state index contributed by atoms with van der Waals surface area (Å²) < 4.78 is 6.27. The first-order valence-corrected chi connectivity index (χ1v) is 13.3. The molecule has 0 saturated carbocycles. The lowest BCUT2D eigenvalue weighted by atomic mass is 10.0. The summed E-state index contributed by atoms with van der Waals surface area (Å²) in [6, 6.07) is 26.0. The van der Waals surface area contributed by atoms with Crippen LogP contribution in [-0.2, 0) is 0 Å². The lowest BCUT2D eigenvalue weighted by molar-refractivity contribution is 0.0734. The van der Waals surface area contributed by atoms with Crippen molar-refractivity contribution in [2.75, 3.05) is 0 Å². The summed E-state index contributed by atoms with van der Waals surface area (Å²) in [5.41, 5.74) is 5.39. The molecular formula is C30H17BrCl2N4O3. The molecule has 1 aromatic heterocycles. The number of aromatic nitrogens is 1. The van der Waals surface area contributed by atoms with Crippen molar-refractivity contribution in [3.05, 3.63) is 122 Å². The van der Waals surface area contributed by atoms with Gasteiger partial charge in [-0.05, 0) is 42.5 Å². The molecule has 196 valence electrons. The van der Waals surface area contributed by atoms with Crippen molar-refractivity contribution >= 4 is 68.1 Å². The number of fused-ring (bicyclic) bond motifs is 1. The number of hydrazone groups is 1. The standard InChI is InChI=1S/C30H17BrCl2N4O3/c31-19-12-13-25(40-30(39)21-8-2-4-11-24(21)33)18(14-19)16-35-37-29(38)28-26(20-7-1-3-10-23(20)32)22-9-5-6-17(15-34)27(22)36-28/h1-14,16,36H,(H,37,38). The van der Waals surface area contributed by atoms with E-state index in [1.54, 1.807) is 72.8 Å². The third-order valence-corrected chi connectivity index (χ3v) is 7.11. The van der Waals surface area contributed by atoms with E-state index in [4.69, 9.17) is 27.9 Å². The fourth-order valence-electron chi connectivity index (χ4n) is 4.14. The number of rotatable bonds is 6. The quantitative estimate of drug-likeness (QED) is 0.0864. The van der Waals surface area contributed by atoms with E-state index in [1.807, 2.05) is 12.1 Å². The van der Waals surface area contributed by atoms with Crippen LogP contribution in [0.1, 0.15) is 32.0 Å². The number of carbonyl (C=O) groups is 2. The maximum atomic E-state index is 13.4. The number of amides is 1. The van der Waals surface area contributed by atoms with Gasteiger partial charge in [-0.25, -0.2) is 10.2 Å². The van der Waals surface area contributed by atoms with E-state index in [1.165, 1.54) is 6.21 Å². The van der Waals surface area contributed by atoms with E-state index in [0.29, 0.717) is 42.7 Å². The van der Waals surface area contributed by atoms with Crippen molar-refractivity contribution in [2.24, 2.45) is 5.10 Å². The van der Waals surface area contributed by atoms with Gasteiger partial charge in [-0.2, -0.15) is 10.4 Å². The molecule has 0 saturated heterocycles. The van der Waals surface area contributed by atoms with Gasteiger partial charge < -0.3 is 9.72 Å². The number of nitrogens with zero attached hydrogens (tertiary/aromatic N) is 2. The Hall–Kier alpha value is -4.42. The Morgan fingerprint density at radius 2 is 1.73 bits per heavy atom. The van der Waals surface area contributed by atoms with Gasteiger partial charge in [-0.15, -0.1) is 0 Å². The molecule has 40 heavy (non-hydrogen) atoms. The second-order valence-electron chi connectivity index (χ2n) is 8.45. The lowest BCUT2D eigenvalue weighted by Gasteiger charge is -2.09. The summed E-state index contributed by atoms with van der Waals surface area (Å²) in [7, 11) is 0. The Morgan fingerprint density at radius 3 is 2.48 bits per heavy atom. The number of benzene rings is 4. The zero-order valence-corrected chi connectivity index (χ0v) is 23.5. The first-order valence-electron chi connectivity index (χ1n) is 11.8. The van der Waals surface area contributed by atoms with Gasteiger partial charge >= 0.3 is 5.97 Å². The molecule has 0 bridgehead atoms. The number of para-hydroxylation sites is 1. The number of esters is 1. The number of hydrogen-bond acceptors (Lipinski definition) is 5. The Balaban J connectivity index is 1.46. The van der Waals surface area contributed by atoms with Crippen LogP contribution in [0.4, 0.5) is 0 Å². The fourth-order valence-corrected chi connectivity index (χ4v) is 4.96. The van der Waals surface area contributed by atoms with Crippen LogP contribution in [-0.4, -0.2) is 23.1 Å². The van der Waals surface area contributed by atoms with E-state index in [-0.39, 0.29) is 22.0 Å². The zero-order chi connectivity index (χ0) is 28.2. The van der Waals surface area contributed by atoms with Gasteiger partial charge in [0.2, 0.25) is 0 Å². The van der Waals surface area contributed by atoms with Crippen LogP contribution < -0.4 is 10.2 Å². The molecule has 0 aliphatic carbocycles. The average Bonchev–Trinajstić information content (AvgIpc) is 3.34. The molecule has 4 aromatic carbocycles. The van der Waals surface area contributed by atoms with Crippen molar-refractivity contribution in [2.45, 2.75) is 0 Å². The fraction of sp³-hybridized carbons (Fsp3) is 0. The van der Waals surface area contributed by atoms with Gasteiger partial charge in [0.25, 0.3) is 5.91 Å². The molecule has 5 rings (SSSR count). The average molecular weight is 632 g/mol. The third-order valence-electron chi connectivity index (χ3n) is 5.96. The van der Waals surface area contributed by atoms with E-state index in [0.717, 1.165) is 0 Å². The Morgan fingerprint density at radius 1 is 0.975 bits per heavy atom. The monoisotopic (exact) mass is 630 g/mol. The van der Waals surface area contributed by atoms with Crippen LogP contribution in [0.25, 0.3) is 22.0 Å². The highest BCUT2D eigenvalue weighted by molar-refractivity contribution is 9.10. The summed E-state index contributed by atoms with van der Waals surface area (Å²) in [6.07, 6.45) is 1.36. The number of carbonyl (C=O) groups excluding carboxylic acids is 2. The van der Waals surface area contributed by atoms with Crippen LogP contribution >= 0.6 is 39.1 Å². The van der Waals surface area contributed by atoms with Crippen molar-refractivity contribution in [3.63, 3.8) is 0 Å². The molecule has 0 spiro atoms. The molecule has 7 nitrogen and oxygen atoms in total. The lowest BCUT2D eigenvalue weighted by Crippen LogP contribution is -2.19. The molecule has 0 radical (unpaired) electrons. The minimum atomic E-state index is -0.637. The highest BCUT2D eigenvalue weighted by Crippen LogP contribution is 2.37. The summed E-state index contributed by atoms with van der Waals surface area (Å²) in [4.78, 5) is 29.1. The SMILES string of the molecule is N#Cc1cccc2c(-c3ccccc3Cl)c(C(=O)NN=Cc3cc(Br)ccc3OC(=O)c3ccccc3Cl)[nH]c12. The minimum Gasteiger partial charge on any atom is -0.422 e. The molecule has 1 amide bonds. The van der Waals surface area contributed by atoms with E-state index in [2.05, 4.69) is 37.5 Å². The van der Waals surface area contributed by atoms with Crippen molar-refractivity contribution in [3.8, 4) is 22.9 Å². The smallest absolute Gasteiger partial charge is 0.345 e. The molecule has 0 fully saturated rings. The van der Waals surface area contributed by atoms with E-state index < -0.39 is 11.9 Å². The number of H-pyrrole nitrogens is 1. The Labute approximate surface area is 247 Å². The summed E-state index contributed by atoms with van der Waals surface area (Å²) >= 11 is 16.0. The predicted molar refractivity (Wildman–Crippen MR) is 159 cm³/mol. The zero-order valence-electron chi connectivity index (χ0n) is 20.4. The van der Waals surface area contributed by atoms with Crippen LogP contribution in [0.5, 0.6) is 5.75 Å². The first kappa shape index (κ1) is 27.2. The minimum absolute atomic E-state index is 0.183. The van der Waals surface area contributed by atoms with Crippen LogP contribution in [0, 0.1) is 11.3 Å². The van der Waals surface area contributed by atoms with Crippen LogP contribution in [0.15, 0.2) is 94.5 Å². The number of ether oxygens (including phenoxy) is 1. The highest BCUT2D eigenvalue weighted by atomic mass is 79.9. The van der Waals surface area contributed by atoms with Gasteiger partial charge in [-0.1, -0.05) is 81.6 Å². The first-order chi connectivity index (χ1) is 19.4. The molecule has 1 heterocycles. The Kier molecular flexibility index (Phi) is 7.99. The largest absolute Gasteiger partial charge is 0.422 e. The van der Waals surface area contributed by atoms with Crippen molar-refractivity contribution in [1.82, 2.24) is 10.4 Å². The molecule has 5 aromatic rings. The number of nitriles is 1. The van der Waals surface area contributed by atoms with Crippen molar-refractivity contribution < 1.29 is 14.3 Å². The molecular weight excluding hydrogens is 615 g/mol. The predicted octanol–water partition coefficient (Wildman–Crippen LogP) is 7.76. The second-order valence-corrected chi connectivity index (χ2v) is 10.2. The van der Waals surface area contributed by atoms with Crippen LogP contribution in [0.3, 0.4) is 0 Å². The summed E-state index contributed by atoms with van der Waals surface area (Å²) in [5, 5.41) is 15.1. The molecule has 0 aliphatic rings. The number of halogens is 3. The van der Waals surface area contributed by atoms with Gasteiger partial charge in [0.1, 0.15) is 17.5 Å². The highest BCUT2D eigenvalue weighted by Gasteiger charge is 2.22. The maximum Gasteiger partial charge on any atom is 0.345 e.